The lowest BCUT2D eigenvalue weighted by Crippen LogP contribution is -2.40. The molecule has 0 heterocycles. The summed E-state index contributed by atoms with van der Waals surface area (Å²) in [6.45, 7) is 0. The highest BCUT2D eigenvalue weighted by Gasteiger charge is 2.35. The first-order valence-electron chi connectivity index (χ1n) is 5.91. The predicted molar refractivity (Wildman–Crippen MR) is 66.1 cm³/mol. The molecular formula is C13H14ClF2NO. The monoisotopic (exact) mass is 273 g/mol. The Morgan fingerprint density at radius 2 is 1.89 bits per heavy atom. The highest BCUT2D eigenvalue weighted by molar-refractivity contribution is 6.33. The summed E-state index contributed by atoms with van der Waals surface area (Å²) >= 11 is 5.90. The van der Waals surface area contributed by atoms with Gasteiger partial charge in [0.25, 0.3) is 5.91 Å². The minimum Gasteiger partial charge on any atom is -0.349 e. The smallest absolute Gasteiger partial charge is 0.253 e. The van der Waals surface area contributed by atoms with E-state index in [2.05, 4.69) is 5.32 Å². The summed E-state index contributed by atoms with van der Waals surface area (Å²) < 4.78 is 25.9. The van der Waals surface area contributed by atoms with Gasteiger partial charge in [0.1, 0.15) is 0 Å². The van der Waals surface area contributed by atoms with Crippen molar-refractivity contribution >= 4 is 17.5 Å². The number of benzene rings is 1. The van der Waals surface area contributed by atoms with Gasteiger partial charge in [0, 0.05) is 18.9 Å². The maximum atomic E-state index is 13.0. The lowest BCUT2D eigenvalue weighted by Gasteiger charge is -2.28. The van der Waals surface area contributed by atoms with Crippen LogP contribution in [-0.2, 0) is 0 Å². The largest absolute Gasteiger partial charge is 0.349 e. The SMILES string of the molecule is O=C(NC1CCC(F)(F)CC1)c1ccccc1Cl. The standard InChI is InChI=1S/C13H14ClF2NO/c14-11-4-2-1-3-10(11)12(18)17-9-5-7-13(15,16)8-6-9/h1-4,9H,5-8H2,(H,17,18). The van der Waals surface area contributed by atoms with Crippen LogP contribution in [0.25, 0.3) is 0 Å². The van der Waals surface area contributed by atoms with Crippen molar-refractivity contribution in [1.82, 2.24) is 5.32 Å². The summed E-state index contributed by atoms with van der Waals surface area (Å²) in [7, 11) is 0. The zero-order chi connectivity index (χ0) is 13.2. The molecule has 1 aromatic rings. The second kappa shape index (κ2) is 5.22. The maximum absolute atomic E-state index is 13.0. The van der Waals surface area contributed by atoms with Gasteiger partial charge in [-0.2, -0.15) is 0 Å². The number of hydrogen-bond acceptors (Lipinski definition) is 1. The van der Waals surface area contributed by atoms with Crippen molar-refractivity contribution in [2.75, 3.05) is 0 Å². The Kier molecular flexibility index (Phi) is 3.85. The fourth-order valence-corrected chi connectivity index (χ4v) is 2.31. The number of carbonyl (C=O) groups is 1. The zero-order valence-corrected chi connectivity index (χ0v) is 10.5. The van der Waals surface area contributed by atoms with Crippen LogP contribution in [-0.4, -0.2) is 17.9 Å². The van der Waals surface area contributed by atoms with Crippen molar-refractivity contribution in [3.63, 3.8) is 0 Å². The van der Waals surface area contributed by atoms with Gasteiger partial charge in [0.05, 0.1) is 10.6 Å². The minimum atomic E-state index is -2.58. The molecule has 1 fully saturated rings. The Morgan fingerprint density at radius 3 is 2.50 bits per heavy atom. The fraction of sp³-hybridized carbons (Fsp3) is 0.462. The number of nitrogens with one attached hydrogen (secondary N) is 1. The van der Waals surface area contributed by atoms with Crippen molar-refractivity contribution in [3.05, 3.63) is 34.9 Å². The fourth-order valence-electron chi connectivity index (χ4n) is 2.09. The number of alkyl halides is 2. The summed E-state index contributed by atoms with van der Waals surface area (Å²) in [5, 5.41) is 3.13. The van der Waals surface area contributed by atoms with E-state index in [-0.39, 0.29) is 24.8 Å². The molecule has 0 aliphatic heterocycles. The molecule has 2 rings (SSSR count). The molecule has 5 heteroatoms. The molecule has 1 aliphatic carbocycles. The minimum absolute atomic E-state index is 0.166. The summed E-state index contributed by atoms with van der Waals surface area (Å²) in [6, 6.07) is 6.52. The molecule has 1 amide bonds. The third kappa shape index (κ3) is 3.19. The third-order valence-corrected chi connectivity index (χ3v) is 3.50. The average Bonchev–Trinajstić information content (AvgIpc) is 2.32. The molecule has 0 spiro atoms. The van der Waals surface area contributed by atoms with Crippen LogP contribution in [0.3, 0.4) is 0 Å². The van der Waals surface area contributed by atoms with E-state index in [1.807, 2.05) is 0 Å². The Balaban J connectivity index is 1.95. The molecule has 1 aliphatic rings. The number of halogens is 3. The molecule has 18 heavy (non-hydrogen) atoms. The second-order valence-corrected chi connectivity index (χ2v) is 4.99. The Labute approximate surface area is 109 Å². The Bertz CT molecular complexity index is 440. The van der Waals surface area contributed by atoms with Crippen LogP contribution in [0.15, 0.2) is 24.3 Å². The van der Waals surface area contributed by atoms with Gasteiger partial charge in [-0.15, -0.1) is 0 Å². The molecule has 0 unspecified atom stereocenters. The third-order valence-electron chi connectivity index (χ3n) is 3.17. The van der Waals surface area contributed by atoms with Crippen molar-refractivity contribution in [2.24, 2.45) is 0 Å². The van der Waals surface area contributed by atoms with E-state index in [1.165, 1.54) is 0 Å². The van der Waals surface area contributed by atoms with E-state index in [1.54, 1.807) is 24.3 Å². The van der Waals surface area contributed by atoms with Gasteiger partial charge in [-0.1, -0.05) is 23.7 Å². The number of rotatable bonds is 2. The highest BCUT2D eigenvalue weighted by Crippen LogP contribution is 2.33. The lowest BCUT2D eigenvalue weighted by atomic mass is 9.92. The average molecular weight is 274 g/mol. The summed E-state index contributed by atoms with van der Waals surface area (Å²) in [4.78, 5) is 11.9. The van der Waals surface area contributed by atoms with Crippen molar-refractivity contribution in [3.8, 4) is 0 Å². The normalized spacial score (nSPS) is 19.5. The summed E-state index contributed by atoms with van der Waals surface area (Å²) in [5.74, 6) is -2.87. The quantitative estimate of drug-likeness (QED) is 0.876. The number of amides is 1. The molecule has 1 N–H and O–H groups in total. The van der Waals surface area contributed by atoms with Crippen LogP contribution < -0.4 is 5.32 Å². The van der Waals surface area contributed by atoms with Crippen LogP contribution in [0.5, 0.6) is 0 Å². The summed E-state index contributed by atoms with van der Waals surface area (Å²) in [5.41, 5.74) is 0.386. The maximum Gasteiger partial charge on any atom is 0.253 e. The molecule has 0 aromatic heterocycles. The van der Waals surface area contributed by atoms with E-state index in [9.17, 15) is 13.6 Å². The first-order valence-corrected chi connectivity index (χ1v) is 6.29. The van der Waals surface area contributed by atoms with Crippen LogP contribution in [0.4, 0.5) is 8.78 Å². The molecule has 1 aromatic carbocycles. The van der Waals surface area contributed by atoms with E-state index >= 15 is 0 Å². The van der Waals surface area contributed by atoms with Gasteiger partial charge in [-0.25, -0.2) is 8.78 Å². The van der Waals surface area contributed by atoms with Crippen molar-refractivity contribution in [2.45, 2.75) is 37.6 Å². The van der Waals surface area contributed by atoms with E-state index < -0.39 is 5.92 Å². The van der Waals surface area contributed by atoms with E-state index in [4.69, 9.17) is 11.6 Å². The first kappa shape index (κ1) is 13.3. The molecule has 0 radical (unpaired) electrons. The number of hydrogen-bond donors (Lipinski definition) is 1. The molecule has 2 nitrogen and oxygen atoms in total. The van der Waals surface area contributed by atoms with Crippen LogP contribution in [0.2, 0.25) is 5.02 Å². The van der Waals surface area contributed by atoms with Crippen LogP contribution in [0, 0.1) is 0 Å². The first-order chi connectivity index (χ1) is 8.48. The van der Waals surface area contributed by atoms with Crippen LogP contribution in [0.1, 0.15) is 36.0 Å². The molecule has 1 saturated carbocycles. The Morgan fingerprint density at radius 1 is 1.28 bits per heavy atom. The summed E-state index contributed by atoms with van der Waals surface area (Å²) in [6.07, 6.45) is 0.285. The van der Waals surface area contributed by atoms with E-state index in [0.29, 0.717) is 23.4 Å². The van der Waals surface area contributed by atoms with Gasteiger partial charge < -0.3 is 5.32 Å². The van der Waals surface area contributed by atoms with Gasteiger partial charge in [0.15, 0.2) is 0 Å². The van der Waals surface area contributed by atoms with Gasteiger partial charge in [-0.05, 0) is 25.0 Å². The van der Waals surface area contributed by atoms with Gasteiger partial charge in [-0.3, -0.25) is 4.79 Å². The topological polar surface area (TPSA) is 29.1 Å². The molecule has 0 saturated heterocycles. The molecular weight excluding hydrogens is 260 g/mol. The van der Waals surface area contributed by atoms with Crippen molar-refractivity contribution < 1.29 is 13.6 Å². The molecule has 98 valence electrons. The zero-order valence-electron chi connectivity index (χ0n) is 9.76. The predicted octanol–water partition coefficient (Wildman–Crippen LogP) is 3.65. The molecule has 0 atom stereocenters. The molecule has 0 bridgehead atoms. The van der Waals surface area contributed by atoms with Crippen LogP contribution >= 0.6 is 11.6 Å². The van der Waals surface area contributed by atoms with E-state index in [0.717, 1.165) is 0 Å². The lowest BCUT2D eigenvalue weighted by molar-refractivity contribution is -0.0399. The highest BCUT2D eigenvalue weighted by atomic mass is 35.5. The Hall–Kier alpha value is -1.16. The van der Waals surface area contributed by atoms with Gasteiger partial charge in [0.2, 0.25) is 5.92 Å². The van der Waals surface area contributed by atoms with Gasteiger partial charge >= 0.3 is 0 Å². The number of carbonyl (C=O) groups excluding carboxylic acids is 1. The second-order valence-electron chi connectivity index (χ2n) is 4.58. The van der Waals surface area contributed by atoms with Crippen molar-refractivity contribution in [1.29, 1.82) is 0 Å².